The lowest BCUT2D eigenvalue weighted by molar-refractivity contribution is 0.588. The van der Waals surface area contributed by atoms with Crippen LogP contribution in [0.3, 0.4) is 0 Å². The molecule has 0 aliphatic rings. The van der Waals surface area contributed by atoms with Gasteiger partial charge >= 0.3 is 0 Å². The highest BCUT2D eigenvalue weighted by Gasteiger charge is 2.23. The van der Waals surface area contributed by atoms with Gasteiger partial charge in [-0.25, -0.2) is 13.4 Å². The number of aromatic nitrogens is 2. The zero-order chi connectivity index (χ0) is 17.3. The molecule has 0 fully saturated rings. The molecule has 0 saturated heterocycles. The second kappa shape index (κ2) is 6.09. The lowest BCUT2D eigenvalue weighted by atomic mass is 10.2. The highest BCUT2D eigenvalue weighted by atomic mass is 32.2. The van der Waals surface area contributed by atoms with Gasteiger partial charge in [-0.3, -0.25) is 0 Å². The number of nitrogens with zero attached hydrogens (tertiary/aromatic N) is 2. The van der Waals surface area contributed by atoms with Crippen molar-refractivity contribution in [1.29, 1.82) is 0 Å². The number of benzene rings is 2. The Hall–Kier alpha value is -2.67. The lowest BCUT2D eigenvalue weighted by Crippen LogP contribution is -2.15. The van der Waals surface area contributed by atoms with Gasteiger partial charge in [0.1, 0.15) is 5.82 Å². The van der Waals surface area contributed by atoms with E-state index in [1.165, 1.54) is 0 Å². The summed E-state index contributed by atoms with van der Waals surface area (Å²) < 4.78 is 25.2. The van der Waals surface area contributed by atoms with E-state index in [0.717, 1.165) is 5.39 Å². The number of nitrogens with one attached hydrogen (secondary N) is 1. The maximum Gasteiger partial charge on any atom is 0.222 e. The van der Waals surface area contributed by atoms with Crippen molar-refractivity contribution in [3.05, 3.63) is 48.5 Å². The van der Waals surface area contributed by atoms with Crippen LogP contribution in [0, 0.1) is 0 Å². The third-order valence-electron chi connectivity index (χ3n) is 3.69. The minimum Gasteiger partial charge on any atom is -0.368 e. The maximum absolute atomic E-state index is 12.6. The molecule has 0 aliphatic carbocycles. The Morgan fingerprint density at radius 2 is 1.67 bits per heavy atom. The summed E-state index contributed by atoms with van der Waals surface area (Å²) in [6.07, 6.45) is 0. The van der Waals surface area contributed by atoms with Gasteiger partial charge in [0.05, 0.1) is 21.3 Å². The van der Waals surface area contributed by atoms with Crippen LogP contribution in [0.4, 0.5) is 17.5 Å². The van der Waals surface area contributed by atoms with Crippen molar-refractivity contribution < 1.29 is 8.42 Å². The van der Waals surface area contributed by atoms with Gasteiger partial charge in [0.25, 0.3) is 0 Å². The Labute approximate surface area is 140 Å². The number of nitrogen functional groups attached to an aromatic ring is 1. The molecule has 3 N–H and O–H groups in total. The molecule has 0 radical (unpaired) electrons. The van der Waals surface area contributed by atoms with E-state index >= 15 is 0 Å². The fourth-order valence-electron chi connectivity index (χ4n) is 2.39. The molecule has 0 unspecified atom stereocenters. The van der Waals surface area contributed by atoms with Gasteiger partial charge < -0.3 is 11.1 Å². The van der Waals surface area contributed by atoms with Crippen LogP contribution in [-0.4, -0.2) is 23.6 Å². The summed E-state index contributed by atoms with van der Waals surface area (Å²) in [5.74, 6) is 0.602. The van der Waals surface area contributed by atoms with Crippen molar-refractivity contribution >= 4 is 38.2 Å². The molecule has 0 spiro atoms. The van der Waals surface area contributed by atoms with E-state index in [1.807, 2.05) is 24.3 Å². The molecular weight excluding hydrogens is 324 g/mol. The summed E-state index contributed by atoms with van der Waals surface area (Å²) in [5.41, 5.74) is 6.93. The van der Waals surface area contributed by atoms with Crippen LogP contribution >= 0.6 is 0 Å². The number of hydrogen-bond donors (Lipinski definition) is 2. The molecule has 0 aliphatic heterocycles. The van der Waals surface area contributed by atoms with E-state index in [9.17, 15) is 8.42 Å². The first-order valence-corrected chi connectivity index (χ1v) is 9.06. The summed E-state index contributed by atoms with van der Waals surface area (Å²) in [6.45, 7) is 3.31. The van der Waals surface area contributed by atoms with Gasteiger partial charge in [0.15, 0.2) is 9.84 Å². The summed E-state index contributed by atoms with van der Waals surface area (Å²) in [6, 6.07) is 14.2. The van der Waals surface area contributed by atoms with Crippen LogP contribution in [0.1, 0.15) is 13.8 Å². The second-order valence-corrected chi connectivity index (χ2v) is 8.14. The van der Waals surface area contributed by atoms with Crippen LogP contribution in [0.5, 0.6) is 0 Å². The van der Waals surface area contributed by atoms with Gasteiger partial charge in [-0.1, -0.05) is 24.3 Å². The van der Waals surface area contributed by atoms with E-state index in [1.54, 1.807) is 38.1 Å². The third kappa shape index (κ3) is 2.90. The van der Waals surface area contributed by atoms with Gasteiger partial charge in [-0.15, -0.1) is 0 Å². The Balaban J connectivity index is 2.14. The highest BCUT2D eigenvalue weighted by Crippen LogP contribution is 2.30. The predicted molar refractivity (Wildman–Crippen MR) is 96.0 cm³/mol. The minimum absolute atomic E-state index is 0.125. The first-order chi connectivity index (χ1) is 11.4. The fourth-order valence-corrected chi connectivity index (χ4v) is 3.59. The number of sulfone groups is 1. The molecule has 124 valence electrons. The average Bonchev–Trinajstić information content (AvgIpc) is 2.55. The molecule has 1 heterocycles. The molecule has 1 aromatic heterocycles. The molecule has 0 amide bonds. The molecule has 6 nitrogen and oxygen atoms in total. The van der Waals surface area contributed by atoms with Crippen LogP contribution in [0.2, 0.25) is 0 Å². The average molecular weight is 342 g/mol. The van der Waals surface area contributed by atoms with Crippen molar-refractivity contribution in [1.82, 2.24) is 9.97 Å². The quantitative estimate of drug-likeness (QED) is 0.756. The van der Waals surface area contributed by atoms with Gasteiger partial charge in [-0.2, -0.15) is 4.98 Å². The van der Waals surface area contributed by atoms with Crippen molar-refractivity contribution in [2.45, 2.75) is 24.0 Å². The minimum atomic E-state index is -3.43. The normalized spacial score (nSPS) is 11.8. The Morgan fingerprint density at radius 1 is 1.00 bits per heavy atom. The Morgan fingerprint density at radius 3 is 2.42 bits per heavy atom. The summed E-state index contributed by atoms with van der Waals surface area (Å²) in [4.78, 5) is 8.65. The SMILES string of the molecule is CC(C)S(=O)(=O)c1ccccc1Nc1nc(N)nc2ccccc12. The monoisotopic (exact) mass is 342 g/mol. The Bertz CT molecular complexity index is 1000. The fraction of sp³-hybridized carbons (Fsp3) is 0.176. The molecule has 3 rings (SSSR count). The smallest absolute Gasteiger partial charge is 0.222 e. The molecule has 7 heteroatoms. The molecular formula is C17H18N4O2S. The molecule has 24 heavy (non-hydrogen) atoms. The van der Waals surface area contributed by atoms with Crippen LogP contribution in [-0.2, 0) is 9.84 Å². The molecule has 0 atom stereocenters. The van der Waals surface area contributed by atoms with Crippen molar-refractivity contribution in [3.8, 4) is 0 Å². The van der Waals surface area contributed by atoms with Crippen molar-refractivity contribution in [2.75, 3.05) is 11.1 Å². The number of rotatable bonds is 4. The maximum atomic E-state index is 12.6. The summed E-state index contributed by atoms with van der Waals surface area (Å²) in [5, 5.41) is 3.35. The van der Waals surface area contributed by atoms with Crippen LogP contribution in [0.25, 0.3) is 10.9 Å². The van der Waals surface area contributed by atoms with Crippen LogP contribution < -0.4 is 11.1 Å². The van der Waals surface area contributed by atoms with E-state index in [-0.39, 0.29) is 10.8 Å². The number of fused-ring (bicyclic) bond motifs is 1. The lowest BCUT2D eigenvalue weighted by Gasteiger charge is -2.15. The number of para-hydroxylation sites is 2. The topological polar surface area (TPSA) is 98.0 Å². The highest BCUT2D eigenvalue weighted by molar-refractivity contribution is 7.92. The van der Waals surface area contributed by atoms with E-state index in [0.29, 0.717) is 17.0 Å². The van der Waals surface area contributed by atoms with Gasteiger partial charge in [0, 0.05) is 5.39 Å². The molecule has 0 saturated carbocycles. The molecule has 0 bridgehead atoms. The first-order valence-electron chi connectivity index (χ1n) is 7.52. The predicted octanol–water partition coefficient (Wildman–Crippen LogP) is 3.14. The van der Waals surface area contributed by atoms with E-state index in [4.69, 9.17) is 5.73 Å². The second-order valence-electron chi connectivity index (χ2n) is 5.66. The van der Waals surface area contributed by atoms with Gasteiger partial charge in [-0.05, 0) is 38.1 Å². The van der Waals surface area contributed by atoms with Gasteiger partial charge in [0.2, 0.25) is 5.95 Å². The van der Waals surface area contributed by atoms with E-state index < -0.39 is 15.1 Å². The van der Waals surface area contributed by atoms with Crippen molar-refractivity contribution in [3.63, 3.8) is 0 Å². The Kier molecular flexibility index (Phi) is 4.11. The summed E-state index contributed by atoms with van der Waals surface area (Å²) >= 11 is 0. The molecule has 2 aromatic carbocycles. The van der Waals surface area contributed by atoms with E-state index in [2.05, 4.69) is 15.3 Å². The van der Waals surface area contributed by atoms with Crippen molar-refractivity contribution in [2.24, 2.45) is 0 Å². The molecule has 3 aromatic rings. The summed E-state index contributed by atoms with van der Waals surface area (Å²) in [7, 11) is -3.43. The first kappa shape index (κ1) is 16.2. The zero-order valence-electron chi connectivity index (χ0n) is 13.4. The van der Waals surface area contributed by atoms with Crippen LogP contribution in [0.15, 0.2) is 53.4 Å². The number of hydrogen-bond acceptors (Lipinski definition) is 6. The zero-order valence-corrected chi connectivity index (χ0v) is 14.2. The standard InChI is InChI=1S/C17H18N4O2S/c1-11(2)24(22,23)15-10-6-5-9-14(15)19-16-12-7-3-4-8-13(12)20-17(18)21-16/h3-11H,1-2H3,(H3,18,19,20,21). The number of anilines is 3. The number of nitrogens with two attached hydrogens (primary N) is 1. The largest absolute Gasteiger partial charge is 0.368 e. The third-order valence-corrected chi connectivity index (χ3v) is 5.90.